The van der Waals surface area contributed by atoms with Gasteiger partial charge in [-0.05, 0) is 72.8 Å². The molecule has 3 rings (SSSR count). The molecule has 0 N–H and O–H groups in total. The van der Waals surface area contributed by atoms with E-state index in [0.717, 1.165) is 38.5 Å². The van der Waals surface area contributed by atoms with Crippen LogP contribution in [0.4, 0.5) is 8.78 Å². The van der Waals surface area contributed by atoms with Crippen LogP contribution in [0.1, 0.15) is 73.1 Å². The van der Waals surface area contributed by atoms with E-state index in [4.69, 9.17) is 5.26 Å². The summed E-state index contributed by atoms with van der Waals surface area (Å²) in [7, 11) is 0. The van der Waals surface area contributed by atoms with Crippen molar-refractivity contribution in [2.45, 2.75) is 57.3 Å². The summed E-state index contributed by atoms with van der Waals surface area (Å²) in [5.41, 5.74) is 2.95. The first kappa shape index (κ1) is 17.6. The van der Waals surface area contributed by atoms with Crippen molar-refractivity contribution in [2.24, 2.45) is 0 Å². The van der Waals surface area contributed by atoms with Crippen LogP contribution in [0.2, 0.25) is 0 Å². The summed E-state index contributed by atoms with van der Waals surface area (Å²) in [6.07, 6.45) is 6.17. The van der Waals surface area contributed by atoms with Crippen molar-refractivity contribution in [3.05, 3.63) is 70.3 Å². The molecular formula is C22H23F2N. The highest BCUT2D eigenvalue weighted by atomic mass is 19.1. The van der Waals surface area contributed by atoms with Gasteiger partial charge in [-0.2, -0.15) is 5.26 Å². The summed E-state index contributed by atoms with van der Waals surface area (Å²) in [5, 5.41) is 8.78. The fourth-order valence-corrected chi connectivity index (χ4v) is 3.94. The molecule has 0 radical (unpaired) electrons. The number of halogens is 2. The third-order valence-electron chi connectivity index (χ3n) is 5.36. The van der Waals surface area contributed by atoms with Crippen LogP contribution in [0, 0.1) is 23.0 Å². The molecule has 0 heterocycles. The Morgan fingerprint density at radius 3 is 1.92 bits per heavy atom. The summed E-state index contributed by atoms with van der Waals surface area (Å²) in [5.74, 6) is -0.787. The summed E-state index contributed by atoms with van der Waals surface area (Å²) >= 11 is 0. The van der Waals surface area contributed by atoms with Crippen LogP contribution in [0.25, 0.3) is 0 Å². The lowest BCUT2D eigenvalue weighted by Gasteiger charge is -2.29. The van der Waals surface area contributed by atoms with Gasteiger partial charge in [-0.25, -0.2) is 8.78 Å². The molecule has 2 aromatic carbocycles. The SMILES string of the molecule is CCCc1ccc(C2CCC(c3cc(F)c(C#N)c(F)c3)CC2)cc1. The van der Waals surface area contributed by atoms with Crippen molar-refractivity contribution in [1.82, 2.24) is 0 Å². The molecule has 0 unspecified atom stereocenters. The molecule has 25 heavy (non-hydrogen) atoms. The zero-order chi connectivity index (χ0) is 17.8. The van der Waals surface area contributed by atoms with Gasteiger partial charge in [-0.1, -0.05) is 37.6 Å². The minimum atomic E-state index is -0.744. The first-order valence-electron chi connectivity index (χ1n) is 9.10. The highest BCUT2D eigenvalue weighted by molar-refractivity contribution is 5.37. The maximum absolute atomic E-state index is 13.8. The van der Waals surface area contributed by atoms with Gasteiger partial charge in [0.1, 0.15) is 23.3 Å². The van der Waals surface area contributed by atoms with Crippen LogP contribution in [0.3, 0.4) is 0 Å². The van der Waals surface area contributed by atoms with Crippen molar-refractivity contribution in [3.63, 3.8) is 0 Å². The van der Waals surface area contributed by atoms with Crippen molar-refractivity contribution >= 4 is 0 Å². The van der Waals surface area contributed by atoms with E-state index < -0.39 is 17.2 Å². The van der Waals surface area contributed by atoms with E-state index in [-0.39, 0.29) is 5.92 Å². The lowest BCUT2D eigenvalue weighted by atomic mass is 9.76. The van der Waals surface area contributed by atoms with E-state index >= 15 is 0 Å². The zero-order valence-corrected chi connectivity index (χ0v) is 14.6. The molecule has 0 bridgehead atoms. The van der Waals surface area contributed by atoms with E-state index in [1.54, 1.807) is 6.07 Å². The quantitative estimate of drug-likeness (QED) is 0.647. The largest absolute Gasteiger partial charge is 0.205 e. The smallest absolute Gasteiger partial charge is 0.144 e. The Hall–Kier alpha value is -2.21. The summed E-state index contributed by atoms with van der Waals surface area (Å²) in [6.45, 7) is 2.18. The van der Waals surface area contributed by atoms with Crippen LogP contribution in [-0.2, 0) is 6.42 Å². The van der Waals surface area contributed by atoms with Gasteiger partial charge < -0.3 is 0 Å². The number of nitriles is 1. The minimum Gasteiger partial charge on any atom is -0.205 e. The Morgan fingerprint density at radius 1 is 0.920 bits per heavy atom. The number of hydrogen-bond donors (Lipinski definition) is 0. The first-order valence-corrected chi connectivity index (χ1v) is 9.10. The van der Waals surface area contributed by atoms with Gasteiger partial charge in [-0.3, -0.25) is 0 Å². The molecule has 130 valence electrons. The van der Waals surface area contributed by atoms with Crippen molar-refractivity contribution in [2.75, 3.05) is 0 Å². The van der Waals surface area contributed by atoms with E-state index in [1.165, 1.54) is 23.3 Å². The second-order valence-electron chi connectivity index (χ2n) is 7.01. The maximum Gasteiger partial charge on any atom is 0.144 e. The maximum atomic E-state index is 13.8. The van der Waals surface area contributed by atoms with Gasteiger partial charge in [0.25, 0.3) is 0 Å². The average molecular weight is 339 g/mol. The summed E-state index contributed by atoms with van der Waals surface area (Å²) < 4.78 is 27.7. The second-order valence-corrected chi connectivity index (χ2v) is 7.01. The molecule has 1 aliphatic carbocycles. The molecule has 0 atom stereocenters. The van der Waals surface area contributed by atoms with Crippen LogP contribution in [-0.4, -0.2) is 0 Å². The van der Waals surface area contributed by atoms with Crippen molar-refractivity contribution in [3.8, 4) is 6.07 Å². The molecule has 1 fully saturated rings. The second kappa shape index (κ2) is 7.78. The number of hydrogen-bond acceptors (Lipinski definition) is 1. The Kier molecular flexibility index (Phi) is 5.48. The first-order chi connectivity index (χ1) is 12.1. The number of benzene rings is 2. The molecule has 0 spiro atoms. The molecule has 1 nitrogen and oxygen atoms in total. The van der Waals surface area contributed by atoms with E-state index in [2.05, 4.69) is 31.2 Å². The Labute approximate surface area is 148 Å². The van der Waals surface area contributed by atoms with Gasteiger partial charge >= 0.3 is 0 Å². The predicted octanol–water partition coefficient (Wildman–Crippen LogP) is 6.23. The van der Waals surface area contributed by atoms with E-state index in [9.17, 15) is 8.78 Å². The lowest BCUT2D eigenvalue weighted by Crippen LogP contribution is -2.13. The van der Waals surface area contributed by atoms with Gasteiger partial charge in [0.15, 0.2) is 0 Å². The van der Waals surface area contributed by atoms with Crippen LogP contribution in [0.5, 0.6) is 0 Å². The predicted molar refractivity (Wildman–Crippen MR) is 95.5 cm³/mol. The zero-order valence-electron chi connectivity index (χ0n) is 14.6. The number of rotatable bonds is 4. The van der Waals surface area contributed by atoms with E-state index in [0.29, 0.717) is 11.5 Å². The van der Waals surface area contributed by atoms with Gasteiger partial charge in [0, 0.05) is 0 Å². The standard InChI is InChI=1S/C22H23F2N/c1-2-3-15-4-6-16(7-5-15)17-8-10-18(11-9-17)19-12-21(23)20(14-25)22(24)13-19/h4-7,12-13,17-18H,2-3,8-11H2,1H3. The Morgan fingerprint density at radius 2 is 1.44 bits per heavy atom. The van der Waals surface area contributed by atoms with Crippen LogP contribution in [0.15, 0.2) is 36.4 Å². The molecule has 2 aromatic rings. The number of aryl methyl sites for hydroxylation is 1. The van der Waals surface area contributed by atoms with Gasteiger partial charge in [0.2, 0.25) is 0 Å². The van der Waals surface area contributed by atoms with Gasteiger partial charge in [-0.15, -0.1) is 0 Å². The Balaban J connectivity index is 1.67. The fourth-order valence-electron chi connectivity index (χ4n) is 3.94. The molecule has 0 amide bonds. The number of nitrogens with zero attached hydrogens (tertiary/aromatic N) is 1. The van der Waals surface area contributed by atoms with Crippen LogP contribution >= 0.6 is 0 Å². The monoisotopic (exact) mass is 339 g/mol. The normalized spacial score (nSPS) is 20.2. The molecule has 0 aromatic heterocycles. The van der Waals surface area contributed by atoms with E-state index in [1.807, 2.05) is 0 Å². The molecule has 0 saturated heterocycles. The molecule has 3 heteroatoms. The molecule has 1 aliphatic rings. The fraction of sp³-hybridized carbons (Fsp3) is 0.409. The van der Waals surface area contributed by atoms with Crippen molar-refractivity contribution < 1.29 is 8.78 Å². The Bertz CT molecular complexity index is 743. The third kappa shape index (κ3) is 3.90. The lowest BCUT2D eigenvalue weighted by molar-refractivity contribution is 0.394. The summed E-state index contributed by atoms with van der Waals surface area (Å²) in [6, 6.07) is 13.2. The topological polar surface area (TPSA) is 23.8 Å². The van der Waals surface area contributed by atoms with Crippen LogP contribution < -0.4 is 0 Å². The van der Waals surface area contributed by atoms with Gasteiger partial charge in [0.05, 0.1) is 0 Å². The average Bonchev–Trinajstić information content (AvgIpc) is 2.62. The third-order valence-corrected chi connectivity index (χ3v) is 5.36. The molecular weight excluding hydrogens is 316 g/mol. The van der Waals surface area contributed by atoms with Crippen molar-refractivity contribution in [1.29, 1.82) is 5.26 Å². The minimum absolute atomic E-state index is 0.173. The highest BCUT2D eigenvalue weighted by Gasteiger charge is 2.25. The highest BCUT2D eigenvalue weighted by Crippen LogP contribution is 2.41. The molecule has 1 saturated carbocycles. The summed E-state index contributed by atoms with van der Waals surface area (Å²) in [4.78, 5) is 0. The molecule has 0 aliphatic heterocycles.